The van der Waals surface area contributed by atoms with Crippen LogP contribution in [0.15, 0.2) is 24.5 Å². The number of esters is 1. The molecule has 0 saturated heterocycles. The lowest BCUT2D eigenvalue weighted by atomic mass is 10.3. The lowest BCUT2D eigenvalue weighted by Crippen LogP contribution is -2.43. The number of pyridine rings is 1. The minimum absolute atomic E-state index is 0.321. The van der Waals surface area contributed by atoms with Crippen LogP contribution in [0.25, 0.3) is 0 Å². The van der Waals surface area contributed by atoms with E-state index in [2.05, 4.69) is 0 Å². The standard InChI is InChI=1S/C8H10N2O2/c1-2-12-8(11)7-3-5-10(9)6-4-7/h3-6H,2H2,1H3,(H-,9,11)/p+1. The summed E-state index contributed by atoms with van der Waals surface area (Å²) < 4.78 is 6.14. The molecule has 0 atom stereocenters. The highest BCUT2D eigenvalue weighted by Crippen LogP contribution is 1.97. The van der Waals surface area contributed by atoms with Gasteiger partial charge in [-0.1, -0.05) is 4.68 Å². The van der Waals surface area contributed by atoms with Gasteiger partial charge in [-0.05, 0) is 6.92 Å². The summed E-state index contributed by atoms with van der Waals surface area (Å²) in [5.41, 5.74) is 0.513. The third-order valence-electron chi connectivity index (χ3n) is 1.36. The first-order valence-corrected chi connectivity index (χ1v) is 3.67. The molecule has 0 radical (unpaired) electrons. The molecule has 0 aliphatic rings. The number of nitrogen functional groups attached to an aromatic ring is 1. The van der Waals surface area contributed by atoms with E-state index in [9.17, 15) is 4.79 Å². The minimum Gasteiger partial charge on any atom is -0.462 e. The number of carbonyl (C=O) groups is 1. The fraction of sp³-hybridized carbons (Fsp3) is 0.250. The van der Waals surface area contributed by atoms with E-state index < -0.39 is 0 Å². The molecule has 2 N–H and O–H groups in total. The molecule has 1 aromatic rings. The Morgan fingerprint density at radius 3 is 2.67 bits per heavy atom. The monoisotopic (exact) mass is 167 g/mol. The van der Waals surface area contributed by atoms with Gasteiger partial charge >= 0.3 is 5.97 Å². The van der Waals surface area contributed by atoms with Crippen molar-refractivity contribution in [3.63, 3.8) is 0 Å². The molecular formula is C8H11N2O2+. The zero-order valence-corrected chi connectivity index (χ0v) is 6.86. The highest BCUT2D eigenvalue weighted by Gasteiger charge is 2.06. The number of hydrogen-bond donors (Lipinski definition) is 1. The number of ether oxygens (including phenoxy) is 1. The molecular weight excluding hydrogens is 156 g/mol. The van der Waals surface area contributed by atoms with Crippen molar-refractivity contribution in [2.24, 2.45) is 0 Å². The summed E-state index contributed by atoms with van der Waals surface area (Å²) in [6, 6.07) is 3.22. The molecule has 1 rings (SSSR count). The van der Waals surface area contributed by atoms with Gasteiger partial charge in [0.2, 0.25) is 0 Å². The fourth-order valence-corrected chi connectivity index (χ4v) is 0.788. The molecule has 64 valence electrons. The summed E-state index contributed by atoms with van der Waals surface area (Å²) in [4.78, 5) is 11.1. The molecule has 0 fully saturated rings. The van der Waals surface area contributed by atoms with Crippen LogP contribution >= 0.6 is 0 Å². The minimum atomic E-state index is -0.321. The Morgan fingerprint density at radius 1 is 1.58 bits per heavy atom. The Balaban J connectivity index is 2.75. The average Bonchev–Trinajstić information content (AvgIpc) is 2.06. The topological polar surface area (TPSA) is 56.2 Å². The van der Waals surface area contributed by atoms with Gasteiger partial charge in [-0.3, -0.25) is 0 Å². The van der Waals surface area contributed by atoms with Gasteiger partial charge in [0.25, 0.3) is 0 Å². The average molecular weight is 167 g/mol. The summed E-state index contributed by atoms with van der Waals surface area (Å²) >= 11 is 0. The predicted octanol–water partition coefficient (Wildman–Crippen LogP) is -0.135. The van der Waals surface area contributed by atoms with Gasteiger partial charge in [0.05, 0.1) is 12.2 Å². The maximum atomic E-state index is 11.1. The van der Waals surface area contributed by atoms with Gasteiger partial charge in [0.1, 0.15) is 0 Å². The van der Waals surface area contributed by atoms with Gasteiger partial charge in [-0.15, -0.1) is 0 Å². The molecule has 0 amide bonds. The van der Waals surface area contributed by atoms with E-state index in [4.69, 9.17) is 10.6 Å². The highest BCUT2D eigenvalue weighted by atomic mass is 16.5. The Labute approximate surface area is 70.5 Å². The number of rotatable bonds is 2. The Hall–Kier alpha value is -1.58. The third kappa shape index (κ3) is 1.95. The third-order valence-corrected chi connectivity index (χ3v) is 1.36. The zero-order valence-electron chi connectivity index (χ0n) is 6.86. The maximum Gasteiger partial charge on any atom is 0.338 e. The van der Waals surface area contributed by atoms with Crippen LogP contribution in [0.3, 0.4) is 0 Å². The molecule has 4 nitrogen and oxygen atoms in total. The van der Waals surface area contributed by atoms with E-state index in [-0.39, 0.29) is 5.97 Å². The highest BCUT2D eigenvalue weighted by molar-refractivity contribution is 5.88. The van der Waals surface area contributed by atoms with E-state index in [0.29, 0.717) is 12.2 Å². The van der Waals surface area contributed by atoms with Crippen LogP contribution in [-0.2, 0) is 4.74 Å². The predicted molar refractivity (Wildman–Crippen MR) is 42.7 cm³/mol. The van der Waals surface area contributed by atoms with Crippen molar-refractivity contribution >= 4 is 5.97 Å². The van der Waals surface area contributed by atoms with Crippen LogP contribution in [0, 0.1) is 0 Å². The first-order valence-electron chi connectivity index (χ1n) is 3.67. The SMILES string of the molecule is CCOC(=O)c1cc[n+](N)cc1. The Kier molecular flexibility index (Phi) is 2.63. The largest absolute Gasteiger partial charge is 0.462 e. The van der Waals surface area contributed by atoms with Crippen molar-refractivity contribution in [2.75, 3.05) is 12.4 Å². The number of aromatic nitrogens is 1. The van der Waals surface area contributed by atoms with E-state index in [0.717, 1.165) is 0 Å². The van der Waals surface area contributed by atoms with Crippen LogP contribution in [0.4, 0.5) is 0 Å². The smallest absolute Gasteiger partial charge is 0.338 e. The van der Waals surface area contributed by atoms with Gasteiger partial charge in [-0.2, -0.15) is 0 Å². The Bertz CT molecular complexity index is 269. The van der Waals surface area contributed by atoms with Crippen LogP contribution < -0.4 is 10.5 Å². The van der Waals surface area contributed by atoms with Crippen molar-refractivity contribution in [3.05, 3.63) is 30.1 Å². The molecule has 0 aliphatic heterocycles. The normalized spacial score (nSPS) is 9.42. The van der Waals surface area contributed by atoms with Crippen molar-refractivity contribution < 1.29 is 14.2 Å². The quantitative estimate of drug-likeness (QED) is 0.379. The number of nitrogens with two attached hydrogens (primary N) is 1. The second-order valence-corrected chi connectivity index (χ2v) is 2.25. The van der Waals surface area contributed by atoms with E-state index in [1.165, 1.54) is 4.68 Å². The first kappa shape index (κ1) is 8.52. The molecule has 0 unspecified atom stereocenters. The van der Waals surface area contributed by atoms with Crippen LogP contribution in [-0.4, -0.2) is 12.6 Å². The lowest BCUT2D eigenvalue weighted by Gasteiger charge is -1.98. The summed E-state index contributed by atoms with van der Waals surface area (Å²) in [5, 5.41) is 0. The summed E-state index contributed by atoms with van der Waals surface area (Å²) in [5.74, 6) is 5.04. The molecule has 0 aliphatic carbocycles. The van der Waals surface area contributed by atoms with Crippen LogP contribution in [0.2, 0.25) is 0 Å². The van der Waals surface area contributed by atoms with Crippen LogP contribution in [0.1, 0.15) is 17.3 Å². The van der Waals surface area contributed by atoms with Gasteiger partial charge in [0, 0.05) is 12.1 Å². The van der Waals surface area contributed by atoms with Gasteiger partial charge < -0.3 is 4.74 Å². The van der Waals surface area contributed by atoms with Crippen LogP contribution in [0.5, 0.6) is 0 Å². The van der Waals surface area contributed by atoms with E-state index in [1.807, 2.05) is 0 Å². The first-order chi connectivity index (χ1) is 5.74. The number of hydrogen-bond acceptors (Lipinski definition) is 3. The Morgan fingerprint density at radius 2 is 2.17 bits per heavy atom. The van der Waals surface area contributed by atoms with Crippen molar-refractivity contribution in [3.8, 4) is 0 Å². The lowest BCUT2D eigenvalue weighted by molar-refractivity contribution is -0.638. The fourth-order valence-electron chi connectivity index (χ4n) is 0.788. The summed E-state index contributed by atoms with van der Waals surface area (Å²) in [6.07, 6.45) is 3.18. The number of carbonyl (C=O) groups excluding carboxylic acids is 1. The number of nitrogens with zero attached hydrogens (tertiary/aromatic N) is 1. The molecule has 0 spiro atoms. The molecule has 0 bridgehead atoms. The second-order valence-electron chi connectivity index (χ2n) is 2.25. The van der Waals surface area contributed by atoms with Crippen molar-refractivity contribution in [1.29, 1.82) is 0 Å². The van der Waals surface area contributed by atoms with Crippen molar-refractivity contribution in [1.82, 2.24) is 0 Å². The molecule has 4 heteroatoms. The maximum absolute atomic E-state index is 11.1. The van der Waals surface area contributed by atoms with E-state index in [1.54, 1.807) is 31.5 Å². The zero-order chi connectivity index (χ0) is 8.97. The molecule has 1 heterocycles. The molecule has 0 aromatic carbocycles. The second kappa shape index (κ2) is 3.71. The summed E-state index contributed by atoms with van der Waals surface area (Å²) in [6.45, 7) is 2.15. The van der Waals surface area contributed by atoms with Crippen molar-refractivity contribution in [2.45, 2.75) is 6.92 Å². The van der Waals surface area contributed by atoms with Gasteiger partial charge in [0.15, 0.2) is 12.4 Å². The summed E-state index contributed by atoms with van der Waals surface area (Å²) in [7, 11) is 0. The molecule has 0 saturated carbocycles. The molecule has 12 heavy (non-hydrogen) atoms. The van der Waals surface area contributed by atoms with Gasteiger partial charge in [-0.25, -0.2) is 10.6 Å². The molecule has 1 aromatic heterocycles. The van der Waals surface area contributed by atoms with E-state index >= 15 is 0 Å².